The molecule has 3 rings (SSSR count). The maximum atomic E-state index is 11.7. The molecule has 168 valence electrons. The predicted molar refractivity (Wildman–Crippen MR) is 133 cm³/mol. The SMILES string of the molecule is CCNC(=NCC1CCN(c2ccccc2OC)C1)NCCCN1CCCC1=O.I. The highest BCUT2D eigenvalue weighted by molar-refractivity contribution is 14.0. The molecule has 2 heterocycles. The van der Waals surface area contributed by atoms with Gasteiger partial charge in [0.25, 0.3) is 0 Å². The number of guanidine groups is 1. The number of amides is 1. The highest BCUT2D eigenvalue weighted by atomic mass is 127. The maximum Gasteiger partial charge on any atom is 0.222 e. The van der Waals surface area contributed by atoms with Gasteiger partial charge in [0.05, 0.1) is 12.8 Å². The fourth-order valence-electron chi connectivity index (χ4n) is 4.07. The van der Waals surface area contributed by atoms with Crippen molar-refractivity contribution < 1.29 is 9.53 Å². The smallest absolute Gasteiger partial charge is 0.222 e. The van der Waals surface area contributed by atoms with Gasteiger partial charge in [0.2, 0.25) is 5.91 Å². The fourth-order valence-corrected chi connectivity index (χ4v) is 4.07. The van der Waals surface area contributed by atoms with Gasteiger partial charge in [-0.05, 0) is 44.2 Å². The average molecular weight is 529 g/mol. The van der Waals surface area contributed by atoms with E-state index in [2.05, 4.69) is 34.6 Å². The van der Waals surface area contributed by atoms with E-state index in [1.54, 1.807) is 7.11 Å². The van der Waals surface area contributed by atoms with Crippen LogP contribution in [0.2, 0.25) is 0 Å². The van der Waals surface area contributed by atoms with E-state index in [4.69, 9.17) is 9.73 Å². The predicted octanol–water partition coefficient (Wildman–Crippen LogP) is 2.71. The van der Waals surface area contributed by atoms with E-state index in [0.29, 0.717) is 18.2 Å². The summed E-state index contributed by atoms with van der Waals surface area (Å²) in [5.74, 6) is 2.64. The number of aliphatic imine (C=N–C) groups is 1. The minimum absolute atomic E-state index is 0. The van der Waals surface area contributed by atoms with Crippen molar-refractivity contribution in [2.45, 2.75) is 32.6 Å². The molecule has 2 aliphatic heterocycles. The summed E-state index contributed by atoms with van der Waals surface area (Å²) in [5, 5.41) is 6.74. The van der Waals surface area contributed by atoms with Crippen LogP contribution in [0.5, 0.6) is 5.75 Å². The molecule has 1 aromatic rings. The zero-order chi connectivity index (χ0) is 20.5. The van der Waals surface area contributed by atoms with E-state index in [9.17, 15) is 4.79 Å². The van der Waals surface area contributed by atoms with Gasteiger partial charge >= 0.3 is 0 Å². The molecule has 0 bridgehead atoms. The third-order valence-corrected chi connectivity index (χ3v) is 5.63. The molecule has 2 saturated heterocycles. The summed E-state index contributed by atoms with van der Waals surface area (Å²) in [4.78, 5) is 20.9. The Balaban J connectivity index is 0.00000320. The molecule has 7 nitrogen and oxygen atoms in total. The minimum Gasteiger partial charge on any atom is -0.495 e. The van der Waals surface area contributed by atoms with Crippen LogP contribution >= 0.6 is 24.0 Å². The average Bonchev–Trinajstić information content (AvgIpc) is 3.38. The summed E-state index contributed by atoms with van der Waals surface area (Å²) < 4.78 is 5.51. The van der Waals surface area contributed by atoms with Crippen molar-refractivity contribution in [2.24, 2.45) is 10.9 Å². The number of benzene rings is 1. The first-order valence-corrected chi connectivity index (χ1v) is 10.9. The molecule has 2 N–H and O–H groups in total. The highest BCUT2D eigenvalue weighted by Crippen LogP contribution is 2.31. The molecule has 0 aliphatic carbocycles. The number of para-hydroxylation sites is 2. The topological polar surface area (TPSA) is 69.2 Å². The van der Waals surface area contributed by atoms with Crippen LogP contribution in [-0.4, -0.2) is 69.7 Å². The van der Waals surface area contributed by atoms with Crippen LogP contribution in [0.25, 0.3) is 0 Å². The number of carbonyl (C=O) groups is 1. The third kappa shape index (κ3) is 6.92. The number of halogens is 1. The lowest BCUT2D eigenvalue weighted by Gasteiger charge is -2.21. The van der Waals surface area contributed by atoms with Crippen molar-refractivity contribution in [1.82, 2.24) is 15.5 Å². The Bertz CT molecular complexity index is 700. The van der Waals surface area contributed by atoms with Crippen molar-refractivity contribution in [3.63, 3.8) is 0 Å². The quantitative estimate of drug-likeness (QED) is 0.223. The van der Waals surface area contributed by atoms with E-state index >= 15 is 0 Å². The van der Waals surface area contributed by atoms with E-state index in [1.807, 2.05) is 17.0 Å². The van der Waals surface area contributed by atoms with Crippen LogP contribution in [0.15, 0.2) is 29.3 Å². The molecule has 1 atom stereocenters. The van der Waals surface area contributed by atoms with Gasteiger partial charge in [-0.25, -0.2) is 0 Å². The number of hydrogen-bond donors (Lipinski definition) is 2. The molecular formula is C22H36IN5O2. The van der Waals surface area contributed by atoms with Crippen molar-refractivity contribution in [2.75, 3.05) is 57.8 Å². The van der Waals surface area contributed by atoms with Gasteiger partial charge in [0.1, 0.15) is 5.75 Å². The first-order chi connectivity index (χ1) is 14.2. The van der Waals surface area contributed by atoms with Gasteiger partial charge in [-0.3, -0.25) is 9.79 Å². The zero-order valence-electron chi connectivity index (χ0n) is 18.2. The van der Waals surface area contributed by atoms with Gasteiger partial charge in [0.15, 0.2) is 5.96 Å². The molecule has 1 amide bonds. The number of carbonyl (C=O) groups excluding carboxylic acids is 1. The molecule has 0 saturated carbocycles. The van der Waals surface area contributed by atoms with Crippen molar-refractivity contribution in [3.05, 3.63) is 24.3 Å². The minimum atomic E-state index is 0. The van der Waals surface area contributed by atoms with Crippen molar-refractivity contribution in [3.8, 4) is 5.75 Å². The van der Waals surface area contributed by atoms with E-state index in [0.717, 1.165) is 76.8 Å². The van der Waals surface area contributed by atoms with Crippen LogP contribution in [0.4, 0.5) is 5.69 Å². The summed E-state index contributed by atoms with van der Waals surface area (Å²) in [6.45, 7) is 8.35. The first kappa shape index (κ1) is 24.6. The number of rotatable bonds is 9. The number of nitrogens with one attached hydrogen (secondary N) is 2. The largest absolute Gasteiger partial charge is 0.495 e. The summed E-state index contributed by atoms with van der Waals surface area (Å²) in [7, 11) is 1.73. The van der Waals surface area contributed by atoms with Crippen molar-refractivity contribution >= 4 is 41.5 Å². The van der Waals surface area contributed by atoms with Crippen LogP contribution in [0, 0.1) is 5.92 Å². The van der Waals surface area contributed by atoms with Gasteiger partial charge < -0.3 is 25.2 Å². The Morgan fingerprint density at radius 2 is 2.10 bits per heavy atom. The lowest BCUT2D eigenvalue weighted by atomic mass is 10.1. The molecule has 0 aromatic heterocycles. The van der Waals surface area contributed by atoms with Crippen LogP contribution < -0.4 is 20.3 Å². The fraction of sp³-hybridized carbons (Fsp3) is 0.636. The van der Waals surface area contributed by atoms with Gasteiger partial charge in [-0.1, -0.05) is 12.1 Å². The number of methoxy groups -OCH3 is 1. The van der Waals surface area contributed by atoms with Gasteiger partial charge in [0, 0.05) is 52.2 Å². The molecule has 30 heavy (non-hydrogen) atoms. The van der Waals surface area contributed by atoms with Crippen LogP contribution in [0.3, 0.4) is 0 Å². The molecule has 1 unspecified atom stereocenters. The Morgan fingerprint density at radius 1 is 1.27 bits per heavy atom. The van der Waals surface area contributed by atoms with Gasteiger partial charge in [-0.2, -0.15) is 0 Å². The first-order valence-electron chi connectivity index (χ1n) is 10.9. The number of anilines is 1. The summed E-state index contributed by atoms with van der Waals surface area (Å²) in [6.07, 6.45) is 3.80. The molecule has 8 heteroatoms. The van der Waals surface area contributed by atoms with E-state index in [1.165, 1.54) is 5.69 Å². The second-order valence-electron chi connectivity index (χ2n) is 7.76. The maximum absolute atomic E-state index is 11.7. The number of likely N-dealkylation sites (tertiary alicyclic amines) is 1. The third-order valence-electron chi connectivity index (χ3n) is 5.63. The number of ether oxygens (including phenoxy) is 1. The molecule has 0 radical (unpaired) electrons. The molecule has 1 aromatic carbocycles. The Kier molecular flexibility index (Phi) is 10.5. The Labute approximate surface area is 197 Å². The molecular weight excluding hydrogens is 493 g/mol. The van der Waals surface area contributed by atoms with Gasteiger partial charge in [-0.15, -0.1) is 24.0 Å². The number of hydrogen-bond acceptors (Lipinski definition) is 4. The van der Waals surface area contributed by atoms with Crippen molar-refractivity contribution in [1.29, 1.82) is 0 Å². The normalized spacial score (nSPS) is 19.1. The lowest BCUT2D eigenvalue weighted by molar-refractivity contribution is -0.127. The summed E-state index contributed by atoms with van der Waals surface area (Å²) >= 11 is 0. The Morgan fingerprint density at radius 3 is 2.83 bits per heavy atom. The summed E-state index contributed by atoms with van der Waals surface area (Å²) in [5.41, 5.74) is 1.17. The lowest BCUT2D eigenvalue weighted by Crippen LogP contribution is -2.39. The van der Waals surface area contributed by atoms with E-state index < -0.39 is 0 Å². The monoisotopic (exact) mass is 529 g/mol. The zero-order valence-corrected chi connectivity index (χ0v) is 20.6. The molecule has 2 aliphatic rings. The standard InChI is InChI=1S/C22H35N5O2.HI/c1-3-23-22(24-12-7-14-26-13-6-10-21(26)28)25-16-18-11-15-27(17-18)19-8-4-5-9-20(19)29-2;/h4-5,8-9,18H,3,6-7,10-17H2,1-2H3,(H2,23,24,25);1H. The molecule has 0 spiro atoms. The molecule has 2 fully saturated rings. The van der Waals surface area contributed by atoms with Crippen LogP contribution in [0.1, 0.15) is 32.6 Å². The number of nitrogens with zero attached hydrogens (tertiary/aromatic N) is 3. The summed E-state index contributed by atoms with van der Waals surface area (Å²) in [6, 6.07) is 8.21. The van der Waals surface area contributed by atoms with Crippen LogP contribution in [-0.2, 0) is 4.79 Å². The second kappa shape index (κ2) is 12.9. The Hall–Kier alpha value is -1.71. The highest BCUT2D eigenvalue weighted by Gasteiger charge is 2.24. The van der Waals surface area contributed by atoms with E-state index in [-0.39, 0.29) is 24.0 Å². The second-order valence-corrected chi connectivity index (χ2v) is 7.76.